The third-order valence-corrected chi connectivity index (χ3v) is 7.19. The van der Waals surface area contributed by atoms with Crippen LogP contribution in [0.25, 0.3) is 0 Å². The summed E-state index contributed by atoms with van der Waals surface area (Å²) in [6.45, 7) is 4.89. The molecule has 0 unspecified atom stereocenters. The van der Waals surface area contributed by atoms with Gasteiger partial charge in [0.15, 0.2) is 11.5 Å². The third kappa shape index (κ3) is 5.84. The van der Waals surface area contributed by atoms with Crippen molar-refractivity contribution in [3.05, 3.63) is 54.1 Å². The lowest BCUT2D eigenvalue weighted by molar-refractivity contribution is -0.160. The predicted octanol–water partition coefficient (Wildman–Crippen LogP) is 4.58. The second-order valence-corrected chi connectivity index (χ2v) is 9.68. The molecule has 2 saturated carbocycles. The van der Waals surface area contributed by atoms with E-state index in [0.29, 0.717) is 25.9 Å². The third-order valence-electron chi connectivity index (χ3n) is 7.19. The van der Waals surface area contributed by atoms with Crippen molar-refractivity contribution >= 4 is 11.6 Å². The van der Waals surface area contributed by atoms with E-state index in [0.717, 1.165) is 49.5 Å². The van der Waals surface area contributed by atoms with E-state index in [9.17, 15) is 9.90 Å². The lowest BCUT2D eigenvalue weighted by Crippen LogP contribution is -2.58. The summed E-state index contributed by atoms with van der Waals surface area (Å²) in [4.78, 5) is 16.6. The van der Waals surface area contributed by atoms with E-state index in [1.54, 1.807) is 7.11 Å². The number of aliphatic hydroxyl groups is 1. The van der Waals surface area contributed by atoms with Crippen molar-refractivity contribution in [2.75, 3.05) is 38.2 Å². The van der Waals surface area contributed by atoms with Crippen LogP contribution in [-0.2, 0) is 4.79 Å². The molecule has 0 atom stereocenters. The maximum absolute atomic E-state index is 12.5. The zero-order chi connectivity index (χ0) is 24.0. The quantitative estimate of drug-likeness (QED) is 0.699. The van der Waals surface area contributed by atoms with E-state index < -0.39 is 5.60 Å². The Kier molecular flexibility index (Phi) is 7.99. The minimum atomic E-state index is -1.09. The Balaban J connectivity index is 0.000000336. The molecule has 0 bridgehead atoms. The predicted molar refractivity (Wildman–Crippen MR) is 135 cm³/mol. The SMILES string of the molecule is COc1ccc(N2CCN(C(=O)C3(O)CCC3)CC2)cc1OC1CCCC1.Cc1ccccc1. The van der Waals surface area contributed by atoms with Crippen LogP contribution in [0.4, 0.5) is 5.69 Å². The van der Waals surface area contributed by atoms with Gasteiger partial charge in [-0.1, -0.05) is 35.9 Å². The fourth-order valence-electron chi connectivity index (χ4n) is 4.86. The normalized spacial score (nSPS) is 19.6. The number of ether oxygens (including phenoxy) is 2. The fraction of sp³-hybridized carbons (Fsp3) is 0.536. The van der Waals surface area contributed by atoms with Crippen molar-refractivity contribution in [1.82, 2.24) is 4.90 Å². The van der Waals surface area contributed by atoms with Gasteiger partial charge < -0.3 is 24.4 Å². The minimum absolute atomic E-state index is 0.0895. The summed E-state index contributed by atoms with van der Waals surface area (Å²) in [7, 11) is 1.67. The van der Waals surface area contributed by atoms with E-state index in [-0.39, 0.29) is 12.0 Å². The Morgan fingerprint density at radius 3 is 2.15 bits per heavy atom. The summed E-state index contributed by atoms with van der Waals surface area (Å²) >= 11 is 0. The van der Waals surface area contributed by atoms with Gasteiger partial charge in [-0.2, -0.15) is 0 Å². The van der Waals surface area contributed by atoms with E-state index >= 15 is 0 Å². The number of anilines is 1. The molecule has 1 aliphatic heterocycles. The van der Waals surface area contributed by atoms with Crippen molar-refractivity contribution in [2.45, 2.75) is 63.6 Å². The molecule has 3 aliphatic rings. The first kappa shape index (κ1) is 24.4. The molecule has 1 N–H and O–H groups in total. The molecule has 1 amide bonds. The number of hydrogen-bond acceptors (Lipinski definition) is 5. The first-order valence-corrected chi connectivity index (χ1v) is 12.6. The van der Waals surface area contributed by atoms with Gasteiger partial charge in [-0.05, 0) is 64.0 Å². The number of aryl methyl sites for hydroxylation is 1. The maximum atomic E-state index is 12.5. The first-order valence-electron chi connectivity index (χ1n) is 12.6. The molecule has 2 aromatic carbocycles. The molecule has 2 aliphatic carbocycles. The summed E-state index contributed by atoms with van der Waals surface area (Å²) in [6, 6.07) is 16.3. The zero-order valence-electron chi connectivity index (χ0n) is 20.5. The number of benzene rings is 2. The number of amides is 1. The van der Waals surface area contributed by atoms with Gasteiger partial charge in [0.1, 0.15) is 5.60 Å². The van der Waals surface area contributed by atoms with E-state index in [1.807, 2.05) is 29.2 Å². The standard InChI is InChI=1S/C21H30N2O4.C7H8/c1-26-18-8-7-16(15-19(18)27-17-5-2-3-6-17)22-11-13-23(14-12-22)20(24)21(25)9-4-10-21;1-7-5-3-2-4-6-7/h7-8,15,17,25H,2-6,9-14H2,1H3;2-6H,1H3. The fourth-order valence-corrected chi connectivity index (χ4v) is 4.86. The highest BCUT2D eigenvalue weighted by Crippen LogP contribution is 2.36. The van der Waals surface area contributed by atoms with Crippen LogP contribution in [0.2, 0.25) is 0 Å². The Hall–Kier alpha value is -2.73. The van der Waals surface area contributed by atoms with Gasteiger partial charge in [-0.3, -0.25) is 4.79 Å². The van der Waals surface area contributed by atoms with Gasteiger partial charge in [-0.25, -0.2) is 0 Å². The Bertz CT molecular complexity index is 931. The number of piperazine rings is 1. The topological polar surface area (TPSA) is 62.2 Å². The molecule has 34 heavy (non-hydrogen) atoms. The van der Waals surface area contributed by atoms with Gasteiger partial charge in [0.05, 0.1) is 13.2 Å². The number of nitrogens with zero attached hydrogens (tertiary/aromatic N) is 2. The number of carbonyl (C=O) groups excluding carboxylic acids is 1. The summed E-state index contributed by atoms with van der Waals surface area (Å²) in [6.07, 6.45) is 7.11. The zero-order valence-corrected chi connectivity index (χ0v) is 20.5. The van der Waals surface area contributed by atoms with Crippen molar-refractivity contribution in [1.29, 1.82) is 0 Å². The monoisotopic (exact) mass is 466 g/mol. The molecule has 1 saturated heterocycles. The summed E-state index contributed by atoms with van der Waals surface area (Å²) < 4.78 is 11.7. The molecule has 0 radical (unpaired) electrons. The molecule has 6 nitrogen and oxygen atoms in total. The molecule has 2 aromatic rings. The number of methoxy groups -OCH3 is 1. The summed E-state index contributed by atoms with van der Waals surface area (Å²) in [5.74, 6) is 1.49. The Morgan fingerprint density at radius 1 is 0.941 bits per heavy atom. The van der Waals surface area contributed by atoms with Crippen LogP contribution in [0.15, 0.2) is 48.5 Å². The molecule has 0 spiro atoms. The summed E-state index contributed by atoms with van der Waals surface area (Å²) in [5, 5.41) is 10.3. The van der Waals surface area contributed by atoms with Crippen LogP contribution >= 0.6 is 0 Å². The van der Waals surface area contributed by atoms with Crippen LogP contribution in [0, 0.1) is 6.92 Å². The lowest BCUT2D eigenvalue weighted by atomic mass is 9.79. The highest BCUT2D eigenvalue weighted by molar-refractivity contribution is 5.86. The van der Waals surface area contributed by atoms with Gasteiger partial charge >= 0.3 is 0 Å². The molecular formula is C28H38N2O4. The number of rotatable bonds is 5. The van der Waals surface area contributed by atoms with Crippen molar-refractivity contribution in [2.24, 2.45) is 0 Å². The smallest absolute Gasteiger partial charge is 0.254 e. The molecular weight excluding hydrogens is 428 g/mol. The average molecular weight is 467 g/mol. The first-order chi connectivity index (χ1) is 16.5. The number of hydrogen-bond donors (Lipinski definition) is 1. The minimum Gasteiger partial charge on any atom is -0.493 e. The van der Waals surface area contributed by atoms with E-state index in [2.05, 4.69) is 36.1 Å². The van der Waals surface area contributed by atoms with Crippen molar-refractivity contribution < 1.29 is 19.4 Å². The van der Waals surface area contributed by atoms with Crippen LogP contribution in [0.3, 0.4) is 0 Å². The Morgan fingerprint density at radius 2 is 1.62 bits per heavy atom. The molecule has 1 heterocycles. The van der Waals surface area contributed by atoms with Crippen LogP contribution < -0.4 is 14.4 Å². The van der Waals surface area contributed by atoms with Gasteiger partial charge in [0.2, 0.25) is 0 Å². The molecule has 3 fully saturated rings. The van der Waals surface area contributed by atoms with Crippen LogP contribution in [0.5, 0.6) is 11.5 Å². The second-order valence-electron chi connectivity index (χ2n) is 9.68. The molecule has 0 aromatic heterocycles. The largest absolute Gasteiger partial charge is 0.493 e. The van der Waals surface area contributed by atoms with Crippen molar-refractivity contribution in [3.63, 3.8) is 0 Å². The van der Waals surface area contributed by atoms with Gasteiger partial charge in [0, 0.05) is 37.9 Å². The summed E-state index contributed by atoms with van der Waals surface area (Å²) in [5.41, 5.74) is 1.32. The maximum Gasteiger partial charge on any atom is 0.254 e. The van der Waals surface area contributed by atoms with Crippen LogP contribution in [0.1, 0.15) is 50.5 Å². The lowest BCUT2D eigenvalue weighted by Gasteiger charge is -2.43. The van der Waals surface area contributed by atoms with E-state index in [4.69, 9.17) is 9.47 Å². The Labute approximate surface area is 203 Å². The molecule has 5 rings (SSSR count). The number of carbonyl (C=O) groups is 1. The van der Waals surface area contributed by atoms with Gasteiger partial charge in [-0.15, -0.1) is 0 Å². The van der Waals surface area contributed by atoms with Crippen LogP contribution in [-0.4, -0.2) is 60.9 Å². The second kappa shape index (κ2) is 11.1. The average Bonchev–Trinajstić information content (AvgIpc) is 3.36. The molecule has 184 valence electrons. The highest BCUT2D eigenvalue weighted by atomic mass is 16.5. The highest BCUT2D eigenvalue weighted by Gasteiger charge is 2.44. The van der Waals surface area contributed by atoms with Gasteiger partial charge in [0.25, 0.3) is 5.91 Å². The van der Waals surface area contributed by atoms with E-state index in [1.165, 1.54) is 18.4 Å². The molecule has 6 heteroatoms. The van der Waals surface area contributed by atoms with Crippen molar-refractivity contribution in [3.8, 4) is 11.5 Å².